The molecule has 2 aliphatic heterocycles. The highest BCUT2D eigenvalue weighted by Crippen LogP contribution is 2.44. The van der Waals surface area contributed by atoms with E-state index >= 15 is 0 Å². The highest BCUT2D eigenvalue weighted by atomic mass is 79.9. The summed E-state index contributed by atoms with van der Waals surface area (Å²) in [4.78, 5) is 3.73. The standard InChI is InChI=1S/C13H10FN7.BrH/c14-12-8(2-1-5-15-12)7-3-4-10-9(6-7)11(17-16-10)13-18-20-21-19-13;/h1-2,5,7H,3-4,6H2;1H. The lowest BCUT2D eigenvalue weighted by Crippen LogP contribution is -2.10. The van der Waals surface area contributed by atoms with Gasteiger partial charge in [-0.3, -0.25) is 0 Å². The Kier molecular flexibility index (Phi) is 3.97. The summed E-state index contributed by atoms with van der Waals surface area (Å²) in [5.74, 6) is 0.0239. The minimum absolute atomic E-state index is 0. The largest absolute Gasteiger partial charge is 0.228 e. The van der Waals surface area contributed by atoms with E-state index in [1.165, 1.54) is 6.20 Å². The molecule has 9 heteroatoms. The molecule has 1 atom stereocenters. The third-order valence-corrected chi connectivity index (χ3v) is 3.84. The van der Waals surface area contributed by atoms with Crippen molar-refractivity contribution in [3.05, 3.63) is 52.6 Å². The van der Waals surface area contributed by atoms with Gasteiger partial charge in [-0.15, -0.1) is 32.3 Å². The third kappa shape index (κ3) is 2.41. The highest BCUT2D eigenvalue weighted by Gasteiger charge is 2.31. The van der Waals surface area contributed by atoms with Crippen LogP contribution in [0, 0.1) is 5.95 Å². The van der Waals surface area contributed by atoms with Crippen molar-refractivity contribution in [3.63, 3.8) is 0 Å². The molecule has 1 aromatic heterocycles. The predicted molar refractivity (Wildman–Crippen MR) is 79.7 cm³/mol. The zero-order chi connectivity index (χ0) is 14.2. The summed E-state index contributed by atoms with van der Waals surface area (Å²) < 4.78 is 13.9. The van der Waals surface area contributed by atoms with Crippen LogP contribution in [-0.4, -0.2) is 4.98 Å². The fourth-order valence-electron chi connectivity index (χ4n) is 2.83. The van der Waals surface area contributed by atoms with E-state index in [4.69, 9.17) is 0 Å². The molecule has 0 radical (unpaired) electrons. The van der Waals surface area contributed by atoms with Gasteiger partial charge in [0.25, 0.3) is 0 Å². The number of rotatable bonds is 1. The smallest absolute Gasteiger partial charge is 0.227 e. The van der Waals surface area contributed by atoms with Gasteiger partial charge in [0.2, 0.25) is 11.8 Å². The van der Waals surface area contributed by atoms with Crippen molar-refractivity contribution < 1.29 is 4.39 Å². The van der Waals surface area contributed by atoms with Gasteiger partial charge in [-0.05, 0) is 41.7 Å². The molecule has 4 rings (SSSR count). The van der Waals surface area contributed by atoms with E-state index in [0.717, 1.165) is 24.1 Å². The number of azo groups is 1. The Morgan fingerprint density at radius 1 is 1.09 bits per heavy atom. The minimum Gasteiger partial charge on any atom is -0.228 e. The molecule has 112 valence electrons. The molecule has 3 aliphatic rings. The maximum absolute atomic E-state index is 13.9. The van der Waals surface area contributed by atoms with Gasteiger partial charge < -0.3 is 0 Å². The van der Waals surface area contributed by atoms with Crippen molar-refractivity contribution in [2.45, 2.75) is 25.2 Å². The van der Waals surface area contributed by atoms with Gasteiger partial charge in [0.1, 0.15) is 5.70 Å². The molecule has 0 fully saturated rings. The summed E-state index contributed by atoms with van der Waals surface area (Å²) in [6, 6.07) is 3.54. The Hall–Kier alpha value is -2.16. The average molecular weight is 364 g/mol. The molecule has 0 saturated carbocycles. The van der Waals surface area contributed by atoms with Crippen LogP contribution in [0.4, 0.5) is 4.39 Å². The summed E-state index contributed by atoms with van der Waals surface area (Å²) in [6.07, 6.45) is 3.68. The van der Waals surface area contributed by atoms with Crippen LogP contribution in [0.5, 0.6) is 0 Å². The van der Waals surface area contributed by atoms with E-state index in [2.05, 4.69) is 35.9 Å². The molecule has 1 aromatic rings. The lowest BCUT2D eigenvalue weighted by atomic mass is 9.82. The van der Waals surface area contributed by atoms with E-state index in [1.54, 1.807) is 12.1 Å². The fourth-order valence-corrected chi connectivity index (χ4v) is 2.83. The van der Waals surface area contributed by atoms with E-state index in [0.29, 0.717) is 23.5 Å². The molecular weight excluding hydrogens is 353 g/mol. The molecule has 1 unspecified atom stereocenters. The van der Waals surface area contributed by atoms with Crippen LogP contribution in [0.2, 0.25) is 0 Å². The number of nitrogens with zero attached hydrogens (tertiary/aromatic N) is 7. The van der Waals surface area contributed by atoms with Crippen molar-refractivity contribution in [3.8, 4) is 0 Å². The molecule has 0 saturated heterocycles. The summed E-state index contributed by atoms with van der Waals surface area (Å²) in [5, 5.41) is 22.9. The second-order valence-corrected chi connectivity index (χ2v) is 5.00. The Morgan fingerprint density at radius 3 is 2.68 bits per heavy atom. The van der Waals surface area contributed by atoms with E-state index in [-0.39, 0.29) is 22.9 Å². The zero-order valence-electron chi connectivity index (χ0n) is 11.3. The summed E-state index contributed by atoms with van der Waals surface area (Å²) in [5.41, 5.74) is 3.12. The van der Waals surface area contributed by atoms with Gasteiger partial charge in [-0.1, -0.05) is 6.07 Å². The van der Waals surface area contributed by atoms with Crippen molar-refractivity contribution in [1.29, 1.82) is 0 Å². The fraction of sp³-hybridized carbons (Fsp3) is 0.308. The van der Waals surface area contributed by atoms with Crippen molar-refractivity contribution >= 4 is 17.0 Å². The minimum atomic E-state index is -0.409. The van der Waals surface area contributed by atoms with Crippen LogP contribution >= 0.6 is 17.0 Å². The van der Waals surface area contributed by atoms with E-state index in [1.807, 2.05) is 0 Å². The average Bonchev–Trinajstić information content (AvgIpc) is 3.16. The van der Waals surface area contributed by atoms with Crippen LogP contribution in [0.25, 0.3) is 0 Å². The lowest BCUT2D eigenvalue weighted by Gasteiger charge is -2.22. The zero-order valence-corrected chi connectivity index (χ0v) is 13.1. The molecule has 7 nitrogen and oxygen atoms in total. The predicted octanol–water partition coefficient (Wildman–Crippen LogP) is 4.79. The third-order valence-electron chi connectivity index (χ3n) is 3.84. The Labute approximate surface area is 135 Å². The molecule has 1 aliphatic carbocycles. The number of aromatic nitrogens is 1. The maximum atomic E-state index is 13.9. The van der Waals surface area contributed by atoms with Gasteiger partial charge in [-0.2, -0.15) is 9.50 Å². The lowest BCUT2D eigenvalue weighted by molar-refractivity contribution is 0.511. The first kappa shape index (κ1) is 14.8. The van der Waals surface area contributed by atoms with Crippen molar-refractivity contribution in [2.75, 3.05) is 0 Å². The molecule has 0 N–H and O–H groups in total. The van der Waals surface area contributed by atoms with Gasteiger partial charge in [0, 0.05) is 17.3 Å². The number of allylic oxidation sites excluding steroid dienone is 2. The van der Waals surface area contributed by atoms with Crippen LogP contribution in [-0.2, 0) is 0 Å². The quantitative estimate of drug-likeness (QED) is 0.659. The number of hydrogen-bond acceptors (Lipinski definition) is 7. The summed E-state index contributed by atoms with van der Waals surface area (Å²) in [7, 11) is 0. The normalized spacial score (nSPS) is 22.3. The second kappa shape index (κ2) is 5.91. The monoisotopic (exact) mass is 363 g/mol. The SMILES string of the molecule is Br.Fc1ncccc1C1CCC2=C(C1)C(=C1N=NN=N1)N=N2. The highest BCUT2D eigenvalue weighted by molar-refractivity contribution is 8.93. The first-order valence-electron chi connectivity index (χ1n) is 6.63. The van der Waals surface area contributed by atoms with Crippen molar-refractivity contribution in [1.82, 2.24) is 4.98 Å². The molecular formula is C13H11BrFN7. The topological polar surface area (TPSA) is 87.0 Å². The van der Waals surface area contributed by atoms with Gasteiger partial charge in [0.15, 0.2) is 0 Å². The second-order valence-electron chi connectivity index (χ2n) is 5.00. The van der Waals surface area contributed by atoms with Crippen LogP contribution in [0.1, 0.15) is 30.7 Å². The van der Waals surface area contributed by atoms with Gasteiger partial charge in [0.05, 0.1) is 5.70 Å². The molecule has 0 aromatic carbocycles. The Balaban J connectivity index is 0.00000144. The summed E-state index contributed by atoms with van der Waals surface area (Å²) >= 11 is 0. The van der Waals surface area contributed by atoms with Gasteiger partial charge >= 0.3 is 0 Å². The summed E-state index contributed by atoms with van der Waals surface area (Å²) in [6.45, 7) is 0. The number of pyridine rings is 1. The Morgan fingerprint density at radius 2 is 1.91 bits per heavy atom. The van der Waals surface area contributed by atoms with Crippen LogP contribution in [0.15, 0.2) is 72.0 Å². The van der Waals surface area contributed by atoms with Gasteiger partial charge in [-0.25, -0.2) is 4.98 Å². The van der Waals surface area contributed by atoms with Crippen LogP contribution < -0.4 is 0 Å². The Bertz CT molecular complexity index is 751. The maximum Gasteiger partial charge on any atom is 0.227 e. The number of hydrogen-bond donors (Lipinski definition) is 0. The number of halogens is 2. The molecule has 0 bridgehead atoms. The molecule has 22 heavy (non-hydrogen) atoms. The van der Waals surface area contributed by atoms with E-state index < -0.39 is 5.95 Å². The van der Waals surface area contributed by atoms with Crippen molar-refractivity contribution in [2.24, 2.45) is 30.9 Å². The first-order chi connectivity index (χ1) is 10.3. The molecule has 0 amide bonds. The van der Waals surface area contributed by atoms with E-state index in [9.17, 15) is 4.39 Å². The first-order valence-corrected chi connectivity index (χ1v) is 6.63. The molecule has 3 heterocycles. The molecule has 0 spiro atoms. The van der Waals surface area contributed by atoms with Crippen LogP contribution in [0.3, 0.4) is 0 Å².